The summed E-state index contributed by atoms with van der Waals surface area (Å²) in [5.41, 5.74) is 0.212. The zero-order chi connectivity index (χ0) is 12.0. The number of nitrogens with zero attached hydrogens (tertiary/aromatic N) is 1. The Bertz CT molecular complexity index is 204. The maximum atomic E-state index is 5.46. The molecule has 0 aromatic heterocycles. The van der Waals surface area contributed by atoms with Crippen LogP contribution in [0.4, 0.5) is 0 Å². The number of nitrogens with one attached hydrogen (secondary N) is 1. The van der Waals surface area contributed by atoms with Crippen molar-refractivity contribution in [1.29, 1.82) is 0 Å². The fourth-order valence-corrected chi connectivity index (χ4v) is 1.97. The Morgan fingerprint density at radius 3 is 2.75 bits per heavy atom. The summed E-state index contributed by atoms with van der Waals surface area (Å²) in [6, 6.07) is 0.517. The molecule has 0 bridgehead atoms. The maximum Gasteiger partial charge on any atom is 0.0620 e. The third kappa shape index (κ3) is 4.64. The van der Waals surface area contributed by atoms with Gasteiger partial charge in [-0.05, 0) is 27.2 Å². The summed E-state index contributed by atoms with van der Waals surface area (Å²) in [5.74, 6) is 0. The molecule has 0 spiro atoms. The molecule has 1 rings (SSSR count). The van der Waals surface area contributed by atoms with Gasteiger partial charge < -0.3 is 10.1 Å². The van der Waals surface area contributed by atoms with Crippen LogP contribution in [0.5, 0.6) is 0 Å². The lowest BCUT2D eigenvalue weighted by atomic mass is 10.0. The molecular weight excluding hydrogens is 200 g/mol. The van der Waals surface area contributed by atoms with Gasteiger partial charge in [0.15, 0.2) is 0 Å². The van der Waals surface area contributed by atoms with Gasteiger partial charge in [0.25, 0.3) is 0 Å². The van der Waals surface area contributed by atoms with Gasteiger partial charge in [0.1, 0.15) is 0 Å². The van der Waals surface area contributed by atoms with Crippen LogP contribution >= 0.6 is 0 Å². The van der Waals surface area contributed by atoms with E-state index in [-0.39, 0.29) is 5.54 Å². The summed E-state index contributed by atoms with van der Waals surface area (Å²) < 4.78 is 5.46. The van der Waals surface area contributed by atoms with Gasteiger partial charge in [-0.3, -0.25) is 4.90 Å². The molecule has 0 saturated carbocycles. The summed E-state index contributed by atoms with van der Waals surface area (Å²) in [6.45, 7) is 15.3. The van der Waals surface area contributed by atoms with Gasteiger partial charge in [0, 0.05) is 31.2 Å². The average molecular weight is 226 g/mol. The van der Waals surface area contributed by atoms with E-state index >= 15 is 0 Å². The molecule has 1 saturated heterocycles. The molecule has 1 aliphatic heterocycles. The van der Waals surface area contributed by atoms with Crippen molar-refractivity contribution in [2.45, 2.75) is 38.8 Å². The van der Waals surface area contributed by atoms with Crippen LogP contribution in [0.2, 0.25) is 0 Å². The average Bonchev–Trinajstić information content (AvgIpc) is 2.24. The first-order valence-corrected chi connectivity index (χ1v) is 6.21. The number of rotatable bonds is 5. The van der Waals surface area contributed by atoms with Crippen LogP contribution in [0.1, 0.15) is 27.2 Å². The predicted octanol–water partition coefficient (Wildman–Crippen LogP) is 1.65. The lowest BCUT2D eigenvalue weighted by molar-refractivity contribution is 0.0639. The smallest absolute Gasteiger partial charge is 0.0620 e. The molecule has 3 nitrogen and oxygen atoms in total. The first-order valence-electron chi connectivity index (χ1n) is 6.21. The van der Waals surface area contributed by atoms with Gasteiger partial charge in [0.2, 0.25) is 0 Å². The van der Waals surface area contributed by atoms with Gasteiger partial charge in [-0.15, -0.1) is 6.58 Å². The Labute approximate surface area is 99.8 Å². The van der Waals surface area contributed by atoms with E-state index in [0.717, 1.165) is 39.3 Å². The normalized spacial score (nSPS) is 22.4. The molecule has 0 aliphatic carbocycles. The minimum Gasteiger partial charge on any atom is -0.379 e. The van der Waals surface area contributed by atoms with E-state index in [4.69, 9.17) is 4.74 Å². The molecule has 0 amide bonds. The molecule has 0 aromatic rings. The van der Waals surface area contributed by atoms with E-state index in [1.54, 1.807) is 0 Å². The van der Waals surface area contributed by atoms with Crippen molar-refractivity contribution in [2.24, 2.45) is 0 Å². The summed E-state index contributed by atoms with van der Waals surface area (Å²) in [5, 5.41) is 3.49. The van der Waals surface area contributed by atoms with Gasteiger partial charge in [-0.2, -0.15) is 0 Å². The first kappa shape index (κ1) is 13.7. The summed E-state index contributed by atoms with van der Waals surface area (Å²) >= 11 is 0. The number of morpholine rings is 1. The van der Waals surface area contributed by atoms with Gasteiger partial charge in [-0.25, -0.2) is 0 Å². The molecule has 1 N–H and O–H groups in total. The summed E-state index contributed by atoms with van der Waals surface area (Å²) in [4.78, 5) is 2.45. The first-order chi connectivity index (χ1) is 7.54. The molecule has 1 unspecified atom stereocenters. The van der Waals surface area contributed by atoms with Crippen molar-refractivity contribution >= 4 is 0 Å². The maximum absolute atomic E-state index is 5.46. The van der Waals surface area contributed by atoms with Gasteiger partial charge in [-0.1, -0.05) is 6.08 Å². The fraction of sp³-hybridized carbons (Fsp3) is 0.846. The third-order valence-corrected chi connectivity index (χ3v) is 3.04. The highest BCUT2D eigenvalue weighted by atomic mass is 16.5. The van der Waals surface area contributed by atoms with Crippen LogP contribution in [-0.4, -0.2) is 49.3 Å². The Kier molecular flexibility index (Phi) is 5.46. The fourth-order valence-electron chi connectivity index (χ4n) is 1.97. The second-order valence-electron chi connectivity index (χ2n) is 5.42. The molecule has 0 radical (unpaired) electrons. The van der Waals surface area contributed by atoms with E-state index in [9.17, 15) is 0 Å². The lowest BCUT2D eigenvalue weighted by Crippen LogP contribution is -2.47. The molecule has 0 aromatic carbocycles. The highest BCUT2D eigenvalue weighted by molar-refractivity contribution is 4.84. The molecule has 1 atom stereocenters. The van der Waals surface area contributed by atoms with Crippen LogP contribution in [0, 0.1) is 0 Å². The molecule has 94 valence electrons. The van der Waals surface area contributed by atoms with E-state index in [2.05, 4.69) is 37.6 Å². The molecule has 1 heterocycles. The van der Waals surface area contributed by atoms with Crippen molar-refractivity contribution in [3.63, 3.8) is 0 Å². The predicted molar refractivity (Wildman–Crippen MR) is 68.7 cm³/mol. The van der Waals surface area contributed by atoms with Crippen molar-refractivity contribution < 1.29 is 4.74 Å². The monoisotopic (exact) mass is 226 g/mol. The standard InChI is InChI=1S/C13H26N2O/c1-5-8-15(13(2,3)4)9-6-12-11-16-10-7-14-12/h5,12,14H,1,6-11H2,2-4H3. The number of hydrogen-bond donors (Lipinski definition) is 1. The van der Waals surface area contributed by atoms with E-state index in [1.165, 1.54) is 0 Å². The SMILES string of the molecule is C=CCN(CCC1COCCN1)C(C)(C)C. The van der Waals surface area contributed by atoms with Crippen molar-refractivity contribution in [3.8, 4) is 0 Å². The van der Waals surface area contributed by atoms with Crippen LogP contribution in [-0.2, 0) is 4.74 Å². The van der Waals surface area contributed by atoms with Crippen LogP contribution < -0.4 is 5.32 Å². The Morgan fingerprint density at radius 2 is 2.25 bits per heavy atom. The van der Waals surface area contributed by atoms with E-state index in [1.807, 2.05) is 6.08 Å². The van der Waals surface area contributed by atoms with Crippen molar-refractivity contribution in [3.05, 3.63) is 12.7 Å². The molecular formula is C13H26N2O. The largest absolute Gasteiger partial charge is 0.379 e. The number of hydrogen-bond acceptors (Lipinski definition) is 3. The highest BCUT2D eigenvalue weighted by Gasteiger charge is 2.21. The van der Waals surface area contributed by atoms with E-state index < -0.39 is 0 Å². The second kappa shape index (κ2) is 6.38. The molecule has 1 aliphatic rings. The Balaban J connectivity index is 2.33. The Hall–Kier alpha value is -0.380. The zero-order valence-corrected chi connectivity index (χ0v) is 11.0. The van der Waals surface area contributed by atoms with E-state index in [0.29, 0.717) is 6.04 Å². The molecule has 3 heteroatoms. The highest BCUT2D eigenvalue weighted by Crippen LogP contribution is 2.14. The van der Waals surface area contributed by atoms with Crippen LogP contribution in [0.25, 0.3) is 0 Å². The van der Waals surface area contributed by atoms with Crippen LogP contribution in [0.3, 0.4) is 0 Å². The molecule has 16 heavy (non-hydrogen) atoms. The third-order valence-electron chi connectivity index (χ3n) is 3.04. The van der Waals surface area contributed by atoms with Crippen LogP contribution in [0.15, 0.2) is 12.7 Å². The van der Waals surface area contributed by atoms with Crippen molar-refractivity contribution in [2.75, 3.05) is 32.8 Å². The zero-order valence-electron chi connectivity index (χ0n) is 11.0. The summed E-state index contributed by atoms with van der Waals surface area (Å²) in [6.07, 6.45) is 3.13. The quantitative estimate of drug-likeness (QED) is 0.721. The minimum absolute atomic E-state index is 0.212. The number of ether oxygens (including phenoxy) is 1. The summed E-state index contributed by atoms with van der Waals surface area (Å²) in [7, 11) is 0. The Morgan fingerprint density at radius 1 is 1.50 bits per heavy atom. The van der Waals surface area contributed by atoms with Crippen molar-refractivity contribution in [1.82, 2.24) is 10.2 Å². The minimum atomic E-state index is 0.212. The second-order valence-corrected chi connectivity index (χ2v) is 5.42. The topological polar surface area (TPSA) is 24.5 Å². The van der Waals surface area contributed by atoms with Gasteiger partial charge >= 0.3 is 0 Å². The lowest BCUT2D eigenvalue weighted by Gasteiger charge is -2.36. The molecule has 1 fully saturated rings. The van der Waals surface area contributed by atoms with Gasteiger partial charge in [0.05, 0.1) is 13.2 Å².